The number of hydrogen-bond donors (Lipinski definition) is 1. The molecule has 2 aromatic carbocycles. The van der Waals surface area contributed by atoms with E-state index in [4.69, 9.17) is 11.6 Å². The third-order valence-corrected chi connectivity index (χ3v) is 4.65. The molecule has 0 spiro atoms. The highest BCUT2D eigenvalue weighted by Crippen LogP contribution is 2.32. The highest BCUT2D eigenvalue weighted by atomic mass is 79.9. The van der Waals surface area contributed by atoms with Crippen molar-refractivity contribution in [3.8, 4) is 0 Å². The van der Waals surface area contributed by atoms with Gasteiger partial charge in [0.25, 0.3) is 0 Å². The molecule has 1 nitrogen and oxygen atoms in total. The summed E-state index contributed by atoms with van der Waals surface area (Å²) in [6.07, 6.45) is 0. The highest BCUT2D eigenvalue weighted by molar-refractivity contribution is 9.10. The maximum absolute atomic E-state index is 6.11. The normalized spacial score (nSPS) is 11.1. The van der Waals surface area contributed by atoms with Crippen molar-refractivity contribution in [1.29, 1.82) is 0 Å². The molecular formula is C16H17BrClNS. The summed E-state index contributed by atoms with van der Waals surface area (Å²) in [5.41, 5.74) is 1.24. The number of nitrogens with one attached hydrogen (secondary N) is 1. The molecule has 0 heterocycles. The molecule has 1 N–H and O–H groups in total. The van der Waals surface area contributed by atoms with Crippen LogP contribution in [0.3, 0.4) is 0 Å². The molecular weight excluding hydrogens is 354 g/mol. The summed E-state index contributed by atoms with van der Waals surface area (Å²) in [5.74, 6) is 0. The number of halogens is 2. The van der Waals surface area contributed by atoms with Gasteiger partial charge in [0, 0.05) is 31.9 Å². The third-order valence-electron chi connectivity index (χ3n) is 2.76. The second-order valence-corrected chi connectivity index (χ2v) is 7.31. The van der Waals surface area contributed by atoms with Crippen LogP contribution < -0.4 is 5.32 Å². The minimum Gasteiger partial charge on any atom is -0.310 e. The third kappa shape index (κ3) is 4.81. The van der Waals surface area contributed by atoms with Gasteiger partial charge in [-0.1, -0.05) is 53.1 Å². The highest BCUT2D eigenvalue weighted by Gasteiger charge is 2.06. The fourth-order valence-electron chi connectivity index (χ4n) is 1.73. The molecule has 20 heavy (non-hydrogen) atoms. The van der Waals surface area contributed by atoms with E-state index in [9.17, 15) is 0 Å². The molecule has 2 aromatic rings. The summed E-state index contributed by atoms with van der Waals surface area (Å²) in [5, 5.41) is 4.23. The molecule has 0 saturated carbocycles. The summed E-state index contributed by atoms with van der Waals surface area (Å²) in [6, 6.07) is 14.9. The van der Waals surface area contributed by atoms with Crippen molar-refractivity contribution in [3.05, 3.63) is 57.5 Å². The molecule has 106 valence electrons. The Hall–Kier alpha value is -0.480. The van der Waals surface area contributed by atoms with Gasteiger partial charge in [0.1, 0.15) is 0 Å². The van der Waals surface area contributed by atoms with Gasteiger partial charge in [-0.2, -0.15) is 0 Å². The monoisotopic (exact) mass is 369 g/mol. The topological polar surface area (TPSA) is 12.0 Å². The Labute approximate surface area is 138 Å². The van der Waals surface area contributed by atoms with Crippen LogP contribution in [-0.2, 0) is 6.54 Å². The SMILES string of the molecule is CC(C)NCc1cc(Cl)ccc1Sc1ccc(Br)cc1. The van der Waals surface area contributed by atoms with Gasteiger partial charge in [0.15, 0.2) is 0 Å². The molecule has 0 radical (unpaired) electrons. The van der Waals surface area contributed by atoms with Gasteiger partial charge in [0.05, 0.1) is 0 Å². The van der Waals surface area contributed by atoms with E-state index in [1.54, 1.807) is 11.8 Å². The van der Waals surface area contributed by atoms with Crippen LogP contribution in [0.1, 0.15) is 19.4 Å². The number of benzene rings is 2. The average molecular weight is 371 g/mol. The van der Waals surface area contributed by atoms with Gasteiger partial charge in [-0.3, -0.25) is 0 Å². The summed E-state index contributed by atoms with van der Waals surface area (Å²) >= 11 is 11.3. The lowest BCUT2D eigenvalue weighted by Crippen LogP contribution is -2.22. The van der Waals surface area contributed by atoms with Crippen molar-refractivity contribution in [2.45, 2.75) is 36.2 Å². The summed E-state index contributed by atoms with van der Waals surface area (Å²) < 4.78 is 1.10. The Morgan fingerprint density at radius 3 is 2.50 bits per heavy atom. The van der Waals surface area contributed by atoms with Crippen molar-refractivity contribution in [3.63, 3.8) is 0 Å². The van der Waals surface area contributed by atoms with Crippen LogP contribution in [0.5, 0.6) is 0 Å². The first-order valence-electron chi connectivity index (χ1n) is 6.50. The van der Waals surface area contributed by atoms with Crippen molar-refractivity contribution < 1.29 is 0 Å². The van der Waals surface area contributed by atoms with Crippen LogP contribution in [0.2, 0.25) is 5.02 Å². The Kier molecular flexibility index (Phi) is 5.97. The predicted molar refractivity (Wildman–Crippen MR) is 91.7 cm³/mol. The van der Waals surface area contributed by atoms with E-state index in [-0.39, 0.29) is 0 Å². The van der Waals surface area contributed by atoms with E-state index in [0.29, 0.717) is 6.04 Å². The van der Waals surface area contributed by atoms with Gasteiger partial charge in [-0.05, 0) is 48.0 Å². The van der Waals surface area contributed by atoms with Crippen molar-refractivity contribution >= 4 is 39.3 Å². The Morgan fingerprint density at radius 2 is 1.85 bits per heavy atom. The molecule has 0 aliphatic rings. The molecule has 0 aromatic heterocycles. The van der Waals surface area contributed by atoms with E-state index in [1.807, 2.05) is 12.1 Å². The van der Waals surface area contributed by atoms with Crippen LogP contribution in [0.4, 0.5) is 0 Å². The summed E-state index contributed by atoms with van der Waals surface area (Å²) in [7, 11) is 0. The maximum Gasteiger partial charge on any atom is 0.0410 e. The molecule has 0 unspecified atom stereocenters. The van der Waals surface area contributed by atoms with E-state index in [0.717, 1.165) is 16.0 Å². The van der Waals surface area contributed by atoms with E-state index in [1.165, 1.54) is 15.4 Å². The molecule has 4 heteroatoms. The van der Waals surface area contributed by atoms with Crippen LogP contribution >= 0.6 is 39.3 Å². The zero-order valence-electron chi connectivity index (χ0n) is 11.5. The molecule has 0 atom stereocenters. The molecule has 0 amide bonds. The second kappa shape index (κ2) is 7.51. The number of rotatable bonds is 5. The lowest BCUT2D eigenvalue weighted by atomic mass is 10.2. The van der Waals surface area contributed by atoms with E-state index in [2.05, 4.69) is 65.4 Å². The quantitative estimate of drug-likeness (QED) is 0.719. The fourth-order valence-corrected chi connectivity index (χ4v) is 3.11. The zero-order valence-corrected chi connectivity index (χ0v) is 14.6. The van der Waals surface area contributed by atoms with Gasteiger partial charge >= 0.3 is 0 Å². The molecule has 0 saturated heterocycles. The van der Waals surface area contributed by atoms with Gasteiger partial charge in [-0.15, -0.1) is 0 Å². The van der Waals surface area contributed by atoms with E-state index < -0.39 is 0 Å². The van der Waals surface area contributed by atoms with Crippen LogP contribution in [-0.4, -0.2) is 6.04 Å². The standard InChI is InChI=1S/C16H17BrClNS/c1-11(2)19-10-12-9-14(18)5-8-16(12)20-15-6-3-13(17)4-7-15/h3-9,11,19H,10H2,1-2H3. The van der Waals surface area contributed by atoms with Crippen LogP contribution in [0.15, 0.2) is 56.7 Å². The first-order chi connectivity index (χ1) is 9.54. The first-order valence-corrected chi connectivity index (χ1v) is 8.48. The summed E-state index contributed by atoms with van der Waals surface area (Å²) in [6.45, 7) is 5.12. The number of hydrogen-bond acceptors (Lipinski definition) is 2. The zero-order chi connectivity index (χ0) is 14.5. The van der Waals surface area contributed by atoms with Crippen LogP contribution in [0, 0.1) is 0 Å². The molecule has 0 fully saturated rings. The minimum atomic E-state index is 0.458. The molecule has 2 rings (SSSR count). The van der Waals surface area contributed by atoms with Gasteiger partial charge in [0.2, 0.25) is 0 Å². The van der Waals surface area contributed by atoms with Gasteiger partial charge in [-0.25, -0.2) is 0 Å². The minimum absolute atomic E-state index is 0.458. The molecule has 0 aliphatic carbocycles. The summed E-state index contributed by atoms with van der Waals surface area (Å²) in [4.78, 5) is 2.46. The Balaban J connectivity index is 2.19. The lowest BCUT2D eigenvalue weighted by Gasteiger charge is -2.13. The van der Waals surface area contributed by atoms with E-state index >= 15 is 0 Å². The van der Waals surface area contributed by atoms with Crippen LogP contribution in [0.25, 0.3) is 0 Å². The van der Waals surface area contributed by atoms with Crippen molar-refractivity contribution in [2.75, 3.05) is 0 Å². The van der Waals surface area contributed by atoms with Crippen molar-refractivity contribution in [1.82, 2.24) is 5.32 Å². The average Bonchev–Trinajstić information content (AvgIpc) is 2.41. The smallest absolute Gasteiger partial charge is 0.0410 e. The molecule has 0 aliphatic heterocycles. The lowest BCUT2D eigenvalue weighted by molar-refractivity contribution is 0.585. The largest absolute Gasteiger partial charge is 0.310 e. The first kappa shape index (κ1) is 15.9. The maximum atomic E-state index is 6.11. The molecule has 0 bridgehead atoms. The Morgan fingerprint density at radius 1 is 1.15 bits per heavy atom. The van der Waals surface area contributed by atoms with Gasteiger partial charge < -0.3 is 5.32 Å². The second-order valence-electron chi connectivity index (χ2n) is 4.84. The Bertz CT molecular complexity index is 569. The predicted octanol–water partition coefficient (Wildman–Crippen LogP) is 5.75. The van der Waals surface area contributed by atoms with Crippen molar-refractivity contribution in [2.24, 2.45) is 0 Å². The fraction of sp³-hybridized carbons (Fsp3) is 0.250.